The van der Waals surface area contributed by atoms with Gasteiger partial charge in [0.1, 0.15) is 11.5 Å². The number of anilines is 1. The Bertz CT molecular complexity index is 599. The van der Waals surface area contributed by atoms with E-state index in [0.29, 0.717) is 5.11 Å². The molecule has 0 fully saturated rings. The number of quaternary nitrogens is 1. The summed E-state index contributed by atoms with van der Waals surface area (Å²) in [4.78, 5) is 1.44. The van der Waals surface area contributed by atoms with Gasteiger partial charge in [-0.05, 0) is 48.6 Å². The minimum atomic E-state index is 0.649. The minimum Gasteiger partial charge on any atom is -0.457 e. The molecule has 0 aliphatic carbocycles. The van der Waals surface area contributed by atoms with Crippen LogP contribution < -0.4 is 20.3 Å². The first-order chi connectivity index (χ1) is 11.1. The molecule has 0 radical (unpaired) electrons. The molecular weight excluding hydrogens is 306 g/mol. The summed E-state index contributed by atoms with van der Waals surface area (Å²) in [5.41, 5.74) is 0.946. The maximum atomic E-state index is 5.76. The predicted molar refractivity (Wildman–Crippen MR) is 99.5 cm³/mol. The number of ether oxygens (including phenoxy) is 1. The predicted octanol–water partition coefficient (Wildman–Crippen LogP) is 2.30. The number of thiocarbonyl (C=S) groups is 1. The first kappa shape index (κ1) is 17.2. The van der Waals surface area contributed by atoms with Crippen LogP contribution in [-0.2, 0) is 0 Å². The van der Waals surface area contributed by atoms with Gasteiger partial charge in [-0.3, -0.25) is 0 Å². The molecule has 0 aliphatic rings. The maximum absolute atomic E-state index is 5.76. The highest BCUT2D eigenvalue weighted by Gasteiger charge is 2.00. The quantitative estimate of drug-likeness (QED) is 0.538. The van der Waals surface area contributed by atoms with Gasteiger partial charge in [0, 0.05) is 18.7 Å². The molecule has 2 aromatic carbocycles. The molecule has 2 rings (SSSR count). The van der Waals surface area contributed by atoms with E-state index in [4.69, 9.17) is 17.0 Å². The second-order valence-electron chi connectivity index (χ2n) is 5.63. The standard InChI is InChI=1S/C18H23N3OS/c1-21(2)14-6-13-19-18(23)20-15-9-11-17(12-10-15)22-16-7-4-3-5-8-16/h3-5,7-12H,6,13-14H2,1-2H3,(H2,19,20,23)/p+1. The van der Waals surface area contributed by atoms with E-state index in [1.807, 2.05) is 54.6 Å². The van der Waals surface area contributed by atoms with Crippen LogP contribution in [0.2, 0.25) is 0 Å². The van der Waals surface area contributed by atoms with E-state index >= 15 is 0 Å². The summed E-state index contributed by atoms with van der Waals surface area (Å²) in [6.45, 7) is 2.01. The van der Waals surface area contributed by atoms with Gasteiger partial charge in [0.2, 0.25) is 0 Å². The van der Waals surface area contributed by atoms with Crippen LogP contribution in [0, 0.1) is 0 Å². The summed E-state index contributed by atoms with van der Waals surface area (Å²) in [5.74, 6) is 1.63. The molecule has 0 saturated heterocycles. The van der Waals surface area contributed by atoms with Gasteiger partial charge in [-0.1, -0.05) is 18.2 Å². The van der Waals surface area contributed by atoms with E-state index in [9.17, 15) is 0 Å². The number of benzene rings is 2. The molecule has 0 atom stereocenters. The van der Waals surface area contributed by atoms with Crippen molar-refractivity contribution in [2.24, 2.45) is 0 Å². The van der Waals surface area contributed by atoms with Gasteiger partial charge in [0.15, 0.2) is 5.11 Å². The molecule has 4 nitrogen and oxygen atoms in total. The van der Waals surface area contributed by atoms with Gasteiger partial charge in [-0.2, -0.15) is 0 Å². The van der Waals surface area contributed by atoms with E-state index in [1.54, 1.807) is 0 Å². The Balaban J connectivity index is 1.77. The van der Waals surface area contributed by atoms with Crippen molar-refractivity contribution in [1.82, 2.24) is 5.32 Å². The van der Waals surface area contributed by atoms with Crippen LogP contribution in [0.3, 0.4) is 0 Å². The Morgan fingerprint density at radius 3 is 2.30 bits per heavy atom. The number of hydrogen-bond donors (Lipinski definition) is 3. The summed E-state index contributed by atoms with van der Waals surface area (Å²) in [6.07, 6.45) is 1.09. The highest BCUT2D eigenvalue weighted by atomic mass is 32.1. The second kappa shape index (κ2) is 9.12. The molecule has 0 unspecified atom stereocenters. The molecule has 0 amide bonds. The molecule has 122 valence electrons. The van der Waals surface area contributed by atoms with Crippen molar-refractivity contribution in [3.8, 4) is 11.5 Å². The van der Waals surface area contributed by atoms with Crippen molar-refractivity contribution >= 4 is 23.0 Å². The first-order valence-electron chi connectivity index (χ1n) is 7.80. The van der Waals surface area contributed by atoms with Gasteiger partial charge in [0.05, 0.1) is 20.6 Å². The molecule has 3 N–H and O–H groups in total. The van der Waals surface area contributed by atoms with Crippen LogP contribution in [0.5, 0.6) is 11.5 Å². The lowest BCUT2D eigenvalue weighted by molar-refractivity contribution is -0.858. The summed E-state index contributed by atoms with van der Waals surface area (Å²) in [5, 5.41) is 7.04. The van der Waals surface area contributed by atoms with Crippen molar-refractivity contribution in [2.45, 2.75) is 6.42 Å². The number of nitrogens with one attached hydrogen (secondary N) is 3. The van der Waals surface area contributed by atoms with E-state index in [0.717, 1.165) is 36.7 Å². The number of hydrogen-bond acceptors (Lipinski definition) is 2. The Kier molecular flexibility index (Phi) is 6.84. The zero-order chi connectivity index (χ0) is 16.5. The third-order valence-corrected chi connectivity index (χ3v) is 3.48. The SMILES string of the molecule is C[NH+](C)CCCNC(=S)Nc1ccc(Oc2ccccc2)cc1. The van der Waals surface area contributed by atoms with Crippen molar-refractivity contribution in [2.75, 3.05) is 32.5 Å². The fraction of sp³-hybridized carbons (Fsp3) is 0.278. The van der Waals surface area contributed by atoms with Crippen LogP contribution >= 0.6 is 12.2 Å². The fourth-order valence-electron chi connectivity index (χ4n) is 2.05. The molecule has 0 aromatic heterocycles. The number of para-hydroxylation sites is 1. The van der Waals surface area contributed by atoms with Gasteiger partial charge < -0.3 is 20.3 Å². The van der Waals surface area contributed by atoms with Gasteiger partial charge in [-0.15, -0.1) is 0 Å². The summed E-state index contributed by atoms with van der Waals surface area (Å²) < 4.78 is 5.76. The molecule has 0 bridgehead atoms. The van der Waals surface area contributed by atoms with Crippen molar-refractivity contribution in [1.29, 1.82) is 0 Å². The third kappa shape index (κ3) is 6.67. The van der Waals surface area contributed by atoms with Gasteiger partial charge >= 0.3 is 0 Å². The topological polar surface area (TPSA) is 37.7 Å². The van der Waals surface area contributed by atoms with Gasteiger partial charge in [-0.25, -0.2) is 0 Å². The average Bonchev–Trinajstić information content (AvgIpc) is 2.54. The second-order valence-corrected chi connectivity index (χ2v) is 6.04. The van der Waals surface area contributed by atoms with E-state index in [1.165, 1.54) is 4.90 Å². The first-order valence-corrected chi connectivity index (χ1v) is 8.21. The molecule has 0 saturated carbocycles. The Hall–Kier alpha value is -2.11. The smallest absolute Gasteiger partial charge is 0.170 e. The van der Waals surface area contributed by atoms with Gasteiger partial charge in [0.25, 0.3) is 0 Å². The van der Waals surface area contributed by atoms with Crippen LogP contribution in [-0.4, -0.2) is 32.3 Å². The summed E-state index contributed by atoms with van der Waals surface area (Å²) in [7, 11) is 4.30. The Labute approximate surface area is 143 Å². The maximum Gasteiger partial charge on any atom is 0.170 e. The molecular formula is C18H24N3OS+. The fourth-order valence-corrected chi connectivity index (χ4v) is 2.27. The van der Waals surface area contributed by atoms with E-state index in [-0.39, 0.29) is 0 Å². The minimum absolute atomic E-state index is 0.649. The summed E-state index contributed by atoms with van der Waals surface area (Å²) >= 11 is 5.29. The number of rotatable bonds is 7. The zero-order valence-electron chi connectivity index (χ0n) is 13.6. The summed E-state index contributed by atoms with van der Waals surface area (Å²) in [6, 6.07) is 17.5. The van der Waals surface area contributed by atoms with Crippen LogP contribution in [0.1, 0.15) is 6.42 Å². The molecule has 23 heavy (non-hydrogen) atoms. The molecule has 0 spiro atoms. The van der Waals surface area contributed by atoms with Crippen molar-refractivity contribution < 1.29 is 9.64 Å². The molecule has 5 heteroatoms. The van der Waals surface area contributed by atoms with Crippen LogP contribution in [0.15, 0.2) is 54.6 Å². The Morgan fingerprint density at radius 2 is 1.65 bits per heavy atom. The lowest BCUT2D eigenvalue weighted by Crippen LogP contribution is -3.05. The van der Waals surface area contributed by atoms with Crippen molar-refractivity contribution in [3.63, 3.8) is 0 Å². The largest absolute Gasteiger partial charge is 0.457 e. The average molecular weight is 330 g/mol. The van der Waals surface area contributed by atoms with Crippen molar-refractivity contribution in [3.05, 3.63) is 54.6 Å². The normalized spacial score (nSPS) is 10.4. The highest BCUT2D eigenvalue weighted by Crippen LogP contribution is 2.22. The molecule has 0 aliphatic heterocycles. The van der Waals surface area contributed by atoms with Crippen LogP contribution in [0.25, 0.3) is 0 Å². The monoisotopic (exact) mass is 330 g/mol. The van der Waals surface area contributed by atoms with Crippen LogP contribution in [0.4, 0.5) is 5.69 Å². The third-order valence-electron chi connectivity index (χ3n) is 3.23. The lowest BCUT2D eigenvalue weighted by atomic mass is 10.3. The molecule has 2 aromatic rings. The Morgan fingerprint density at radius 1 is 1.00 bits per heavy atom. The zero-order valence-corrected chi connectivity index (χ0v) is 14.5. The van der Waals surface area contributed by atoms with E-state index < -0.39 is 0 Å². The highest BCUT2D eigenvalue weighted by molar-refractivity contribution is 7.80. The lowest BCUT2D eigenvalue weighted by Gasteiger charge is -2.12. The molecule has 0 heterocycles. The van der Waals surface area contributed by atoms with E-state index in [2.05, 4.69) is 24.7 Å².